The van der Waals surface area contributed by atoms with Gasteiger partial charge < -0.3 is 10.2 Å². The van der Waals surface area contributed by atoms with Gasteiger partial charge in [0, 0.05) is 38.8 Å². The van der Waals surface area contributed by atoms with Crippen LogP contribution >= 0.6 is 0 Å². The number of carbonyl (C=O) groups is 4. The number of piperidine rings is 1. The fourth-order valence-electron chi connectivity index (χ4n) is 4.10. The van der Waals surface area contributed by atoms with Gasteiger partial charge in [-0.05, 0) is 25.7 Å². The number of Topliss-reactive ketones (excluding diaryl/α,β-unsaturated/α-hetero) is 1. The van der Waals surface area contributed by atoms with Gasteiger partial charge in [0.05, 0.1) is 22.9 Å². The summed E-state index contributed by atoms with van der Waals surface area (Å²) in [5, 5.41) is 13.9. The van der Waals surface area contributed by atoms with E-state index in [1.165, 1.54) is 11.8 Å². The van der Waals surface area contributed by atoms with E-state index in [-0.39, 0.29) is 37.7 Å². The van der Waals surface area contributed by atoms with Crippen LogP contribution in [0.5, 0.6) is 0 Å². The lowest BCUT2D eigenvalue weighted by molar-refractivity contribution is -0.130. The predicted molar refractivity (Wildman–Crippen MR) is 100 cm³/mol. The molecule has 3 rings (SSSR count). The van der Waals surface area contributed by atoms with Gasteiger partial charge in [-0.1, -0.05) is 6.92 Å². The largest absolute Gasteiger partial charge is 0.328 e. The van der Waals surface area contributed by atoms with Crippen LogP contribution in [-0.2, 0) is 14.4 Å². The third-order valence-electron chi connectivity index (χ3n) is 6.55. The normalized spacial score (nSPS) is 22.9. The first kappa shape index (κ1) is 22.1. The molecule has 2 N–H and O–H groups in total. The lowest BCUT2D eigenvalue weighted by Gasteiger charge is -2.37. The topological polar surface area (TPSA) is 119 Å². The van der Waals surface area contributed by atoms with Crippen LogP contribution < -0.4 is 10.6 Å². The fourth-order valence-corrected chi connectivity index (χ4v) is 4.10. The Balaban J connectivity index is 1.63. The molecule has 10 heteroatoms. The third-order valence-corrected chi connectivity index (χ3v) is 6.55. The molecule has 1 spiro atoms. The summed E-state index contributed by atoms with van der Waals surface area (Å²) in [6, 6.07) is 0.0354. The summed E-state index contributed by atoms with van der Waals surface area (Å²) in [6.07, 6.45) is 0.333. The van der Waals surface area contributed by atoms with Gasteiger partial charge in [-0.15, -0.1) is 0 Å². The molecule has 3 aliphatic rings. The Morgan fingerprint density at radius 3 is 2.37 bits per heavy atom. The molecule has 0 unspecified atom stereocenters. The van der Waals surface area contributed by atoms with Crippen molar-refractivity contribution in [1.29, 1.82) is 5.26 Å². The molecule has 164 valence electrons. The zero-order valence-electron chi connectivity index (χ0n) is 16.9. The van der Waals surface area contributed by atoms with Crippen LogP contribution in [0.3, 0.4) is 0 Å². The lowest BCUT2D eigenvalue weighted by Crippen LogP contribution is -2.53. The Labute approximate surface area is 173 Å². The number of halogens is 2. The first-order valence-electron chi connectivity index (χ1n) is 10.3. The molecule has 1 aliphatic carbocycles. The Hall–Kier alpha value is -2.57. The van der Waals surface area contributed by atoms with Crippen molar-refractivity contribution in [2.75, 3.05) is 13.1 Å². The molecule has 3 fully saturated rings. The quantitative estimate of drug-likeness (QED) is 0.605. The Morgan fingerprint density at radius 2 is 1.90 bits per heavy atom. The number of rotatable bonds is 7. The van der Waals surface area contributed by atoms with Gasteiger partial charge in [-0.25, -0.2) is 13.6 Å². The summed E-state index contributed by atoms with van der Waals surface area (Å²) in [4.78, 5) is 50.3. The van der Waals surface area contributed by atoms with Crippen LogP contribution in [0.25, 0.3) is 0 Å². The van der Waals surface area contributed by atoms with Crippen molar-refractivity contribution in [2.45, 2.75) is 70.3 Å². The van der Waals surface area contributed by atoms with Crippen LogP contribution in [0.2, 0.25) is 0 Å². The van der Waals surface area contributed by atoms with Crippen molar-refractivity contribution in [3.05, 3.63) is 0 Å². The zero-order chi connectivity index (χ0) is 22.2. The number of ketones is 1. The second-order valence-corrected chi connectivity index (χ2v) is 8.77. The summed E-state index contributed by atoms with van der Waals surface area (Å²) in [6.45, 7) is 1.67. The summed E-state index contributed by atoms with van der Waals surface area (Å²) in [7, 11) is 0. The highest BCUT2D eigenvalue weighted by Gasteiger charge is 2.50. The molecule has 0 aromatic heterocycles. The minimum absolute atomic E-state index is 0.0847. The van der Waals surface area contributed by atoms with Gasteiger partial charge in [-0.2, -0.15) is 5.26 Å². The maximum Gasteiger partial charge on any atom is 0.317 e. The Kier molecular flexibility index (Phi) is 5.85. The maximum atomic E-state index is 14.0. The van der Waals surface area contributed by atoms with Crippen molar-refractivity contribution < 1.29 is 28.0 Å². The van der Waals surface area contributed by atoms with Crippen LogP contribution in [0, 0.1) is 22.2 Å². The first-order valence-corrected chi connectivity index (χ1v) is 10.3. The smallest absolute Gasteiger partial charge is 0.317 e. The number of nitrogens with zero attached hydrogens (tertiary/aromatic N) is 2. The second-order valence-electron chi connectivity index (χ2n) is 8.77. The van der Waals surface area contributed by atoms with Gasteiger partial charge >= 0.3 is 6.03 Å². The van der Waals surface area contributed by atoms with Gasteiger partial charge in [0.25, 0.3) is 0 Å². The number of imide groups is 1. The number of nitrogens with one attached hydrogen (secondary N) is 2. The van der Waals surface area contributed by atoms with Crippen molar-refractivity contribution in [1.82, 2.24) is 15.5 Å². The van der Waals surface area contributed by atoms with Gasteiger partial charge in [0.1, 0.15) is 0 Å². The molecule has 8 nitrogen and oxygen atoms in total. The molecule has 0 bridgehead atoms. The summed E-state index contributed by atoms with van der Waals surface area (Å²) in [5.41, 5.74) is -1.61. The Bertz CT molecular complexity index is 795. The predicted octanol–water partition coefficient (Wildman–Crippen LogP) is 1.89. The number of hydrogen-bond donors (Lipinski definition) is 2. The van der Waals surface area contributed by atoms with Crippen LogP contribution in [-0.4, -0.2) is 53.6 Å². The average Bonchev–Trinajstić information content (AvgIpc) is 3.41. The van der Waals surface area contributed by atoms with Gasteiger partial charge in [-0.3, -0.25) is 19.7 Å². The van der Waals surface area contributed by atoms with Crippen molar-refractivity contribution in [2.24, 2.45) is 10.8 Å². The molecule has 1 saturated carbocycles. The number of alkyl halides is 2. The zero-order valence-corrected chi connectivity index (χ0v) is 16.9. The van der Waals surface area contributed by atoms with Crippen LogP contribution in [0.1, 0.15) is 58.3 Å². The number of carbonyl (C=O) groups excluding carboxylic acids is 4. The number of urea groups is 1. The van der Waals surface area contributed by atoms with E-state index in [0.717, 1.165) is 0 Å². The van der Waals surface area contributed by atoms with E-state index in [9.17, 15) is 33.2 Å². The molecule has 4 amide bonds. The van der Waals surface area contributed by atoms with Crippen molar-refractivity contribution in [3.8, 4) is 6.07 Å². The summed E-state index contributed by atoms with van der Waals surface area (Å²) in [5.74, 6) is -4.36. The van der Waals surface area contributed by atoms with Crippen LogP contribution in [0.15, 0.2) is 0 Å². The highest BCUT2D eigenvalue weighted by Crippen LogP contribution is 2.48. The molecule has 0 aromatic carbocycles. The Morgan fingerprint density at radius 1 is 1.27 bits per heavy atom. The standard InChI is InChI=1S/C20H26F2N4O4/c1-2-20(21,22)9-13(14(27)10-18(12-23)3-4-18)24-17(30)26-7-5-19(6-8-26)11-15(28)25-16(19)29/h13H,2-11H2,1H3,(H,24,30)(H,25,28,29)/t13-/m0/s1. The number of likely N-dealkylation sites (tertiary alicyclic amines) is 1. The third kappa shape index (κ3) is 4.60. The fraction of sp³-hybridized carbons (Fsp3) is 0.750. The SMILES string of the molecule is CCC(F)(F)C[C@H](NC(=O)N1CCC2(CC1)CC(=O)NC2=O)C(=O)CC1(C#N)CC1. The molecule has 2 aliphatic heterocycles. The van der Waals surface area contributed by atoms with E-state index in [1.807, 2.05) is 0 Å². The highest BCUT2D eigenvalue weighted by molar-refractivity contribution is 6.06. The molecule has 30 heavy (non-hydrogen) atoms. The number of hydrogen-bond acceptors (Lipinski definition) is 5. The minimum Gasteiger partial charge on any atom is -0.328 e. The monoisotopic (exact) mass is 424 g/mol. The molecular formula is C20H26F2N4O4. The van der Waals surface area contributed by atoms with E-state index in [0.29, 0.717) is 25.7 Å². The van der Waals surface area contributed by atoms with Gasteiger partial charge in [0.15, 0.2) is 5.78 Å². The van der Waals surface area contributed by atoms with Crippen molar-refractivity contribution >= 4 is 23.6 Å². The first-order chi connectivity index (χ1) is 14.0. The van der Waals surface area contributed by atoms with E-state index in [2.05, 4.69) is 16.7 Å². The van der Waals surface area contributed by atoms with Crippen molar-refractivity contribution in [3.63, 3.8) is 0 Å². The second kappa shape index (κ2) is 7.93. The average molecular weight is 424 g/mol. The van der Waals surface area contributed by atoms with E-state index in [4.69, 9.17) is 0 Å². The molecule has 2 saturated heterocycles. The maximum absolute atomic E-state index is 14.0. The van der Waals surface area contributed by atoms with E-state index >= 15 is 0 Å². The molecular weight excluding hydrogens is 398 g/mol. The van der Waals surface area contributed by atoms with E-state index < -0.39 is 47.5 Å². The molecule has 0 aromatic rings. The highest BCUT2D eigenvalue weighted by atomic mass is 19.3. The molecule has 0 radical (unpaired) electrons. The minimum atomic E-state index is -3.12. The molecule has 1 atom stereocenters. The van der Waals surface area contributed by atoms with E-state index in [1.54, 1.807) is 0 Å². The summed E-state index contributed by atoms with van der Waals surface area (Å²) < 4.78 is 28.0. The number of amides is 4. The summed E-state index contributed by atoms with van der Waals surface area (Å²) >= 11 is 0. The van der Waals surface area contributed by atoms with Gasteiger partial charge in [0.2, 0.25) is 17.7 Å². The lowest BCUT2D eigenvalue weighted by atomic mass is 9.77. The molecule has 2 heterocycles. The van der Waals surface area contributed by atoms with Crippen LogP contribution in [0.4, 0.5) is 13.6 Å². The number of nitriles is 1.